The molecule has 0 spiro atoms. The van der Waals surface area contributed by atoms with Crippen molar-refractivity contribution >= 4 is 0 Å². The minimum absolute atomic E-state index is 0.0249. The van der Waals surface area contributed by atoms with E-state index >= 15 is 0 Å². The normalized spacial score (nSPS) is 14.2. The molecule has 2 heteroatoms. The van der Waals surface area contributed by atoms with Crippen LogP contribution < -0.4 is 0 Å². The topological polar surface area (TPSA) is 23.1 Å². The standard InChI is InChI=1S/C10H22NO/c1-5-10(4)11(6-7-12)8-9(2)3/h9-10H,5-8H2,1-4H3. The van der Waals surface area contributed by atoms with Crippen LogP contribution in [0.3, 0.4) is 0 Å². The third-order valence-corrected chi connectivity index (χ3v) is 2.19. The van der Waals surface area contributed by atoms with Crippen LogP contribution in [0, 0.1) is 5.92 Å². The van der Waals surface area contributed by atoms with Crippen molar-refractivity contribution in [3.63, 3.8) is 0 Å². The maximum Gasteiger partial charge on any atom is 0.0949 e. The Hall–Kier alpha value is -0.0800. The molecule has 0 aromatic rings. The van der Waals surface area contributed by atoms with E-state index in [1.165, 1.54) is 0 Å². The monoisotopic (exact) mass is 172 g/mol. The molecule has 0 saturated carbocycles. The van der Waals surface area contributed by atoms with Gasteiger partial charge in [-0.05, 0) is 19.3 Å². The highest BCUT2D eigenvalue weighted by Crippen LogP contribution is 2.06. The fourth-order valence-corrected chi connectivity index (χ4v) is 1.34. The lowest BCUT2D eigenvalue weighted by atomic mass is 10.1. The average molecular weight is 172 g/mol. The lowest BCUT2D eigenvalue weighted by molar-refractivity contribution is 0.107. The molecule has 0 heterocycles. The van der Waals surface area contributed by atoms with Gasteiger partial charge in [-0.2, -0.15) is 0 Å². The summed E-state index contributed by atoms with van der Waals surface area (Å²) in [5.74, 6) is 0.658. The summed E-state index contributed by atoms with van der Waals surface area (Å²) in [5.41, 5.74) is 0. The number of rotatable bonds is 6. The molecule has 12 heavy (non-hydrogen) atoms. The Bertz CT molecular complexity index is 104. The zero-order chi connectivity index (χ0) is 9.56. The summed E-state index contributed by atoms with van der Waals surface area (Å²) in [4.78, 5) is 2.29. The molecule has 0 aliphatic heterocycles. The second-order valence-corrected chi connectivity index (χ2v) is 3.85. The molecule has 0 rings (SSSR count). The molecule has 0 aromatic heterocycles. The zero-order valence-corrected chi connectivity index (χ0v) is 8.84. The van der Waals surface area contributed by atoms with Crippen LogP contribution in [0.1, 0.15) is 34.1 Å². The van der Waals surface area contributed by atoms with Gasteiger partial charge < -0.3 is 0 Å². The van der Waals surface area contributed by atoms with Gasteiger partial charge in [-0.25, -0.2) is 5.11 Å². The van der Waals surface area contributed by atoms with Gasteiger partial charge in [0.2, 0.25) is 0 Å². The first-order valence-electron chi connectivity index (χ1n) is 4.93. The zero-order valence-electron chi connectivity index (χ0n) is 8.84. The molecule has 73 valence electrons. The van der Waals surface area contributed by atoms with Gasteiger partial charge in [-0.15, -0.1) is 0 Å². The highest BCUT2D eigenvalue weighted by Gasteiger charge is 2.12. The van der Waals surface area contributed by atoms with Gasteiger partial charge in [0, 0.05) is 19.1 Å². The Kier molecular flexibility index (Phi) is 6.39. The minimum atomic E-state index is 0.0249. The molecule has 0 fully saturated rings. The van der Waals surface area contributed by atoms with Gasteiger partial charge in [0.15, 0.2) is 0 Å². The van der Waals surface area contributed by atoms with E-state index in [1.54, 1.807) is 0 Å². The molecule has 0 aliphatic carbocycles. The predicted molar refractivity (Wildman–Crippen MR) is 51.7 cm³/mol. The first kappa shape index (κ1) is 11.9. The van der Waals surface area contributed by atoms with Crippen molar-refractivity contribution in [2.45, 2.75) is 40.2 Å². The van der Waals surface area contributed by atoms with Gasteiger partial charge >= 0.3 is 0 Å². The van der Waals surface area contributed by atoms with Crippen molar-refractivity contribution in [2.24, 2.45) is 5.92 Å². The Morgan fingerprint density at radius 2 is 1.83 bits per heavy atom. The molecule has 0 amide bonds. The van der Waals surface area contributed by atoms with Crippen molar-refractivity contribution in [2.75, 3.05) is 19.7 Å². The molecule has 0 saturated heterocycles. The Labute approximate surface area is 76.6 Å². The van der Waals surface area contributed by atoms with E-state index in [4.69, 9.17) is 0 Å². The Balaban J connectivity index is 3.84. The summed E-state index contributed by atoms with van der Waals surface area (Å²) in [6.45, 7) is 10.5. The van der Waals surface area contributed by atoms with E-state index in [9.17, 15) is 5.11 Å². The van der Waals surface area contributed by atoms with E-state index < -0.39 is 0 Å². The minimum Gasteiger partial charge on any atom is -0.298 e. The molecule has 0 aliphatic rings. The maximum absolute atomic E-state index is 10.5. The predicted octanol–water partition coefficient (Wildman–Crippen LogP) is 2.17. The summed E-state index contributed by atoms with van der Waals surface area (Å²) < 4.78 is 0. The molecular formula is C10H22NO. The summed E-state index contributed by atoms with van der Waals surface area (Å²) in [7, 11) is 0. The van der Waals surface area contributed by atoms with E-state index in [2.05, 4.69) is 32.6 Å². The highest BCUT2D eigenvalue weighted by molar-refractivity contribution is 4.66. The van der Waals surface area contributed by atoms with E-state index in [0.29, 0.717) is 18.5 Å². The van der Waals surface area contributed by atoms with Crippen LogP contribution in [0.15, 0.2) is 0 Å². The number of nitrogens with zero attached hydrogens (tertiary/aromatic N) is 1. The molecule has 2 nitrogen and oxygen atoms in total. The highest BCUT2D eigenvalue weighted by atomic mass is 16.3. The first-order valence-corrected chi connectivity index (χ1v) is 4.93. The summed E-state index contributed by atoms with van der Waals surface area (Å²) in [5, 5.41) is 10.5. The lowest BCUT2D eigenvalue weighted by Gasteiger charge is -2.28. The Morgan fingerprint density at radius 1 is 1.25 bits per heavy atom. The quantitative estimate of drug-likeness (QED) is 0.602. The molecule has 0 N–H and O–H groups in total. The second-order valence-electron chi connectivity index (χ2n) is 3.85. The van der Waals surface area contributed by atoms with Crippen molar-refractivity contribution < 1.29 is 5.11 Å². The van der Waals surface area contributed by atoms with Crippen LogP contribution >= 0.6 is 0 Å². The fraction of sp³-hybridized carbons (Fsp3) is 1.00. The van der Waals surface area contributed by atoms with Gasteiger partial charge in [-0.1, -0.05) is 20.8 Å². The van der Waals surface area contributed by atoms with Crippen LogP contribution in [0.25, 0.3) is 0 Å². The smallest absolute Gasteiger partial charge is 0.0949 e. The lowest BCUT2D eigenvalue weighted by Crippen LogP contribution is -2.37. The summed E-state index contributed by atoms with van der Waals surface area (Å²) in [6, 6.07) is 0.557. The van der Waals surface area contributed by atoms with E-state index in [-0.39, 0.29) is 6.61 Å². The van der Waals surface area contributed by atoms with Gasteiger partial charge in [0.05, 0.1) is 6.61 Å². The van der Waals surface area contributed by atoms with Gasteiger partial charge in [0.25, 0.3) is 0 Å². The number of hydrogen-bond acceptors (Lipinski definition) is 1. The van der Waals surface area contributed by atoms with Crippen molar-refractivity contribution in [3.05, 3.63) is 0 Å². The van der Waals surface area contributed by atoms with Crippen molar-refractivity contribution in [1.29, 1.82) is 0 Å². The van der Waals surface area contributed by atoms with E-state index in [0.717, 1.165) is 13.0 Å². The second kappa shape index (κ2) is 6.44. The molecule has 1 radical (unpaired) electrons. The van der Waals surface area contributed by atoms with Crippen LogP contribution in [0.5, 0.6) is 0 Å². The number of hydrogen-bond donors (Lipinski definition) is 0. The van der Waals surface area contributed by atoms with Crippen molar-refractivity contribution in [3.8, 4) is 0 Å². The maximum atomic E-state index is 10.5. The van der Waals surface area contributed by atoms with E-state index in [1.807, 2.05) is 0 Å². The van der Waals surface area contributed by atoms with Crippen LogP contribution in [-0.2, 0) is 5.11 Å². The van der Waals surface area contributed by atoms with Crippen molar-refractivity contribution in [1.82, 2.24) is 4.90 Å². The van der Waals surface area contributed by atoms with Crippen LogP contribution in [0.2, 0.25) is 0 Å². The molecule has 0 bridgehead atoms. The van der Waals surface area contributed by atoms with Crippen LogP contribution in [-0.4, -0.2) is 30.6 Å². The van der Waals surface area contributed by atoms with Gasteiger partial charge in [-0.3, -0.25) is 4.90 Å². The third-order valence-electron chi connectivity index (χ3n) is 2.19. The average Bonchev–Trinajstić information content (AvgIpc) is 2.01. The molecule has 1 unspecified atom stereocenters. The van der Waals surface area contributed by atoms with Gasteiger partial charge in [0.1, 0.15) is 0 Å². The SMILES string of the molecule is CCC(C)N(CC[O])CC(C)C. The molecule has 1 atom stereocenters. The largest absolute Gasteiger partial charge is 0.298 e. The first-order chi connectivity index (χ1) is 5.61. The third kappa shape index (κ3) is 4.73. The fourth-order valence-electron chi connectivity index (χ4n) is 1.34. The molecular weight excluding hydrogens is 150 g/mol. The Morgan fingerprint density at radius 3 is 2.17 bits per heavy atom. The van der Waals surface area contributed by atoms with Crippen LogP contribution in [0.4, 0.5) is 0 Å². The summed E-state index contributed by atoms with van der Waals surface area (Å²) in [6.07, 6.45) is 1.13. The summed E-state index contributed by atoms with van der Waals surface area (Å²) >= 11 is 0. The molecule has 0 aromatic carbocycles.